The van der Waals surface area contributed by atoms with Gasteiger partial charge in [-0.15, -0.1) is 11.6 Å². The highest BCUT2D eigenvalue weighted by atomic mass is 35.5. The van der Waals surface area contributed by atoms with Gasteiger partial charge < -0.3 is 5.11 Å². The van der Waals surface area contributed by atoms with Gasteiger partial charge in [-0.1, -0.05) is 13.8 Å². The van der Waals surface area contributed by atoms with Crippen LogP contribution in [0, 0.1) is 0 Å². The number of rotatable bonds is 3. The van der Waals surface area contributed by atoms with Gasteiger partial charge in [0, 0.05) is 6.42 Å². The summed E-state index contributed by atoms with van der Waals surface area (Å²) in [7, 11) is 0. The van der Waals surface area contributed by atoms with Crippen LogP contribution in [0.2, 0.25) is 0 Å². The molecule has 0 radical (unpaired) electrons. The fourth-order valence-electron chi connectivity index (χ4n) is 0.540. The smallest absolute Gasteiger partial charge is 0.170 e. The number of hydrogen-bond acceptors (Lipinski definition) is 0. The molecule has 0 aliphatic carbocycles. The van der Waals surface area contributed by atoms with E-state index in [4.69, 9.17) is 16.7 Å². The lowest BCUT2D eigenvalue weighted by Gasteiger charge is -2.07. The van der Waals surface area contributed by atoms with E-state index in [9.17, 15) is 0 Å². The molecule has 0 spiro atoms. The van der Waals surface area contributed by atoms with Gasteiger partial charge in [0.05, 0.1) is 0 Å². The minimum absolute atomic E-state index is 0.0556. The van der Waals surface area contributed by atoms with Gasteiger partial charge in [0.2, 0.25) is 0 Å². The second-order valence-electron chi connectivity index (χ2n) is 1.94. The second-order valence-corrected chi connectivity index (χ2v) is 2.50. The largest absolute Gasteiger partial charge is 0.442 e. The van der Waals surface area contributed by atoms with E-state index in [2.05, 4.69) is 0 Å². The first-order chi connectivity index (χ1) is 3.72. The van der Waals surface area contributed by atoms with Crippen molar-refractivity contribution in [1.82, 2.24) is 0 Å². The third kappa shape index (κ3) is 2.53. The molecule has 0 aromatic heterocycles. The molecular weight excluding hydrogens is 124 g/mol. The van der Waals surface area contributed by atoms with Gasteiger partial charge in [-0.2, -0.15) is 0 Å². The van der Waals surface area contributed by atoms with E-state index in [1.807, 2.05) is 13.8 Å². The molecule has 0 fully saturated rings. The first kappa shape index (κ1) is 8.25. The van der Waals surface area contributed by atoms with Gasteiger partial charge in [-0.05, 0) is 6.42 Å². The summed E-state index contributed by atoms with van der Waals surface area (Å²) in [5.41, 5.74) is 0. The van der Waals surface area contributed by atoms with Crippen LogP contribution in [0.5, 0.6) is 0 Å². The Morgan fingerprint density at radius 3 is 2.00 bits per heavy atom. The third-order valence-corrected chi connectivity index (χ3v) is 1.88. The lowest BCUT2D eigenvalue weighted by molar-refractivity contribution is 0.163. The number of alkyl halides is 1. The van der Waals surface area contributed by atoms with Gasteiger partial charge >= 0.3 is 0 Å². The molecule has 2 unspecified atom stereocenters. The second kappa shape index (κ2) is 4.16. The van der Waals surface area contributed by atoms with Gasteiger partial charge in [-0.3, -0.25) is 0 Å². The predicted octanol–water partition coefficient (Wildman–Crippen LogP) is 1.51. The van der Waals surface area contributed by atoms with E-state index in [1.54, 1.807) is 0 Å². The maximum atomic E-state index is 7.29. The minimum Gasteiger partial charge on any atom is -0.442 e. The van der Waals surface area contributed by atoms with Crippen LogP contribution in [-0.2, 0) is 0 Å². The molecule has 0 saturated carbocycles. The Kier molecular flexibility index (Phi) is 4.29. The third-order valence-electron chi connectivity index (χ3n) is 1.27. The van der Waals surface area contributed by atoms with E-state index in [0.29, 0.717) is 0 Å². The molecule has 0 bridgehead atoms. The van der Waals surface area contributed by atoms with Gasteiger partial charge in [0.25, 0.3) is 0 Å². The number of halogens is 1. The molecule has 2 atom stereocenters. The standard InChI is InChI=1S/C6H13ClO/c1-3-5(7)6(8)4-2/h5-6,8H,3-4H2,1-2H3/p+1. The average molecular weight is 138 g/mol. The first-order valence-corrected chi connectivity index (χ1v) is 3.51. The fourth-order valence-corrected chi connectivity index (χ4v) is 0.718. The molecule has 2 heteroatoms. The fraction of sp³-hybridized carbons (Fsp3) is 1.00. The van der Waals surface area contributed by atoms with Crippen LogP contribution >= 0.6 is 11.6 Å². The predicted molar refractivity (Wildman–Crippen MR) is 37.6 cm³/mol. The van der Waals surface area contributed by atoms with E-state index in [0.717, 1.165) is 12.8 Å². The molecule has 50 valence electrons. The molecule has 0 saturated heterocycles. The average Bonchev–Trinajstić information content (AvgIpc) is 1.84. The summed E-state index contributed by atoms with van der Waals surface area (Å²) in [4.78, 5) is 0. The molecule has 8 heavy (non-hydrogen) atoms. The maximum absolute atomic E-state index is 7.29. The zero-order valence-electron chi connectivity index (χ0n) is 5.45. The van der Waals surface area contributed by atoms with Crippen LogP contribution in [0.15, 0.2) is 0 Å². The molecule has 0 aliphatic rings. The molecule has 0 aliphatic heterocycles. The summed E-state index contributed by atoms with van der Waals surface area (Å²) in [5.74, 6) is 0. The minimum atomic E-state index is -0.0679. The van der Waals surface area contributed by atoms with Crippen LogP contribution in [0.25, 0.3) is 0 Å². The zero-order valence-corrected chi connectivity index (χ0v) is 6.20. The maximum Gasteiger partial charge on any atom is 0.170 e. The van der Waals surface area contributed by atoms with Crippen molar-refractivity contribution in [2.24, 2.45) is 0 Å². The summed E-state index contributed by atoms with van der Waals surface area (Å²) in [6.07, 6.45) is 1.70. The first-order valence-electron chi connectivity index (χ1n) is 3.07. The van der Waals surface area contributed by atoms with E-state index >= 15 is 0 Å². The molecule has 0 amide bonds. The topological polar surface area (TPSA) is 22.9 Å². The quantitative estimate of drug-likeness (QED) is 0.416. The normalized spacial score (nSPS) is 18.0. The Hall–Kier alpha value is 0.250. The van der Waals surface area contributed by atoms with Crippen LogP contribution in [0.1, 0.15) is 26.7 Å². The Morgan fingerprint density at radius 1 is 1.38 bits per heavy atom. The molecular formula is C6H14ClO+. The van der Waals surface area contributed by atoms with Gasteiger partial charge in [0.1, 0.15) is 5.38 Å². The summed E-state index contributed by atoms with van der Waals surface area (Å²) in [6, 6.07) is 0. The molecule has 0 heterocycles. The van der Waals surface area contributed by atoms with Crippen molar-refractivity contribution in [3.63, 3.8) is 0 Å². The molecule has 0 rings (SSSR count). The van der Waals surface area contributed by atoms with Crippen LogP contribution in [-0.4, -0.2) is 16.6 Å². The van der Waals surface area contributed by atoms with Crippen LogP contribution in [0.3, 0.4) is 0 Å². The Morgan fingerprint density at radius 2 is 1.88 bits per heavy atom. The number of hydrogen-bond donors (Lipinski definition) is 0. The summed E-state index contributed by atoms with van der Waals surface area (Å²) in [6.45, 7) is 4.00. The summed E-state index contributed by atoms with van der Waals surface area (Å²) in [5, 5.41) is 7.35. The van der Waals surface area contributed by atoms with E-state index in [1.165, 1.54) is 0 Å². The van der Waals surface area contributed by atoms with Crippen molar-refractivity contribution in [3.8, 4) is 0 Å². The van der Waals surface area contributed by atoms with Gasteiger partial charge in [0.15, 0.2) is 6.10 Å². The Labute approximate surface area is 55.7 Å². The van der Waals surface area contributed by atoms with Gasteiger partial charge in [-0.25, -0.2) is 0 Å². The zero-order chi connectivity index (χ0) is 6.57. The van der Waals surface area contributed by atoms with Crippen molar-refractivity contribution >= 4 is 11.6 Å². The van der Waals surface area contributed by atoms with Crippen molar-refractivity contribution in [3.05, 3.63) is 0 Å². The molecule has 1 nitrogen and oxygen atoms in total. The highest BCUT2D eigenvalue weighted by Gasteiger charge is 2.15. The van der Waals surface area contributed by atoms with E-state index < -0.39 is 0 Å². The van der Waals surface area contributed by atoms with Crippen molar-refractivity contribution in [2.45, 2.75) is 38.2 Å². The Balaban J connectivity index is 3.29. The monoisotopic (exact) mass is 137 g/mol. The molecule has 0 aromatic rings. The molecule has 2 N–H and O–H groups in total. The van der Waals surface area contributed by atoms with Crippen molar-refractivity contribution in [2.75, 3.05) is 0 Å². The SMILES string of the molecule is CCC([OH2+])C(Cl)CC. The summed E-state index contributed by atoms with van der Waals surface area (Å²) >= 11 is 5.73. The lowest BCUT2D eigenvalue weighted by atomic mass is 10.1. The molecule has 0 aromatic carbocycles. The van der Waals surface area contributed by atoms with Crippen molar-refractivity contribution < 1.29 is 5.11 Å². The van der Waals surface area contributed by atoms with Crippen LogP contribution in [0.4, 0.5) is 0 Å². The van der Waals surface area contributed by atoms with E-state index in [-0.39, 0.29) is 11.5 Å². The lowest BCUT2D eigenvalue weighted by Crippen LogP contribution is -2.18. The highest BCUT2D eigenvalue weighted by molar-refractivity contribution is 6.20. The summed E-state index contributed by atoms with van der Waals surface area (Å²) < 4.78 is 0. The van der Waals surface area contributed by atoms with Crippen molar-refractivity contribution in [1.29, 1.82) is 0 Å². The Bertz CT molecular complexity index is 48.5. The van der Waals surface area contributed by atoms with Crippen LogP contribution < -0.4 is 0 Å². The highest BCUT2D eigenvalue weighted by Crippen LogP contribution is 2.08.